The van der Waals surface area contributed by atoms with Crippen molar-refractivity contribution in [3.05, 3.63) is 123 Å². The number of aromatic amines is 1. The minimum atomic E-state index is -0.425. The highest BCUT2D eigenvalue weighted by Gasteiger charge is 2.52. The lowest BCUT2D eigenvalue weighted by molar-refractivity contribution is -0.121. The maximum Gasteiger partial charge on any atom is 0.494 e. The van der Waals surface area contributed by atoms with E-state index >= 15 is 0 Å². The van der Waals surface area contributed by atoms with E-state index < -0.39 is 7.12 Å². The average molecular weight is 1030 g/mol. The molecule has 10 rings (SSSR count). The molecule has 6 aromatic rings. The molecule has 3 aromatic heterocycles. The van der Waals surface area contributed by atoms with Crippen molar-refractivity contribution in [2.45, 2.75) is 67.1 Å². The SMILES string of the molecule is C.CC1(C)OB(c2ccc3c(c2)OCC(=O)N3)OC1(C)C.COc1cc(C)c(-c2ccc3c(c2)OCC(=O)N3)cn1.COc1cc(C)c(Br)cn1.Cc1cc(=O)[nH]cc1-c1ccc2c(c1)OCC(=O)N2C. The Labute approximate surface area is 421 Å². The van der Waals surface area contributed by atoms with Gasteiger partial charge in [-0.3, -0.25) is 19.2 Å². The van der Waals surface area contributed by atoms with Crippen molar-refractivity contribution in [1.82, 2.24) is 15.0 Å². The third-order valence-electron chi connectivity index (χ3n) is 12.1. The zero-order valence-electron chi connectivity index (χ0n) is 40.6. The number of likely N-dealkylation sites (N-methyl/N-ethyl adjacent to an activating group) is 1. The lowest BCUT2D eigenvalue weighted by Gasteiger charge is -2.32. The Balaban J connectivity index is 0.000000158. The summed E-state index contributed by atoms with van der Waals surface area (Å²) in [6.07, 6.45) is 5.20. The summed E-state index contributed by atoms with van der Waals surface area (Å²) < 4.78 is 39.3. The van der Waals surface area contributed by atoms with Gasteiger partial charge in [0.25, 0.3) is 17.7 Å². The van der Waals surface area contributed by atoms with Gasteiger partial charge in [-0.2, -0.15) is 0 Å². The highest BCUT2D eigenvalue weighted by Crippen LogP contribution is 2.39. The molecular weight excluding hydrogens is 975 g/mol. The number of nitrogens with one attached hydrogen (secondary N) is 3. The second-order valence-corrected chi connectivity index (χ2v) is 18.4. The Kier molecular flexibility index (Phi) is 16.7. The molecule has 3 N–H and O–H groups in total. The second-order valence-electron chi connectivity index (χ2n) is 17.6. The number of aryl methyl sites for hydroxylation is 3. The molecule has 0 saturated carbocycles. The number of benzene rings is 3. The van der Waals surface area contributed by atoms with E-state index in [1.54, 1.807) is 50.8 Å². The van der Waals surface area contributed by atoms with E-state index in [0.717, 1.165) is 54.6 Å². The Morgan fingerprint density at radius 3 is 1.76 bits per heavy atom. The number of nitrogens with zero attached hydrogens (tertiary/aromatic N) is 3. The van der Waals surface area contributed by atoms with Crippen molar-refractivity contribution in [3.63, 3.8) is 0 Å². The van der Waals surface area contributed by atoms with Gasteiger partial charge in [0.05, 0.1) is 42.5 Å². The summed E-state index contributed by atoms with van der Waals surface area (Å²) in [4.78, 5) is 57.8. The summed E-state index contributed by atoms with van der Waals surface area (Å²) >= 11 is 3.34. The Morgan fingerprint density at radius 2 is 1.17 bits per heavy atom. The molecule has 3 amide bonds. The zero-order chi connectivity index (χ0) is 50.5. The molecule has 1 fully saturated rings. The quantitative estimate of drug-likeness (QED) is 0.140. The number of aromatic nitrogens is 3. The first kappa shape index (κ1) is 53.1. The number of fused-ring (bicyclic) bond motifs is 3. The normalized spacial score (nSPS) is 15.5. The molecule has 4 aliphatic heterocycles. The predicted octanol–water partition coefficient (Wildman–Crippen LogP) is 8.22. The number of ether oxygens (including phenoxy) is 5. The second kappa shape index (κ2) is 22.3. The van der Waals surface area contributed by atoms with Crippen LogP contribution in [0.4, 0.5) is 17.1 Å². The van der Waals surface area contributed by atoms with Crippen LogP contribution in [-0.2, 0) is 23.7 Å². The maximum atomic E-state index is 11.6. The lowest BCUT2D eigenvalue weighted by Crippen LogP contribution is -2.41. The Bertz CT molecular complexity index is 3000. The van der Waals surface area contributed by atoms with Crippen LogP contribution < -0.4 is 50.2 Å². The van der Waals surface area contributed by atoms with E-state index in [1.807, 2.05) is 115 Å². The Morgan fingerprint density at radius 1 is 0.648 bits per heavy atom. The third-order valence-corrected chi connectivity index (χ3v) is 12.9. The molecule has 7 heterocycles. The molecule has 17 nitrogen and oxygen atoms in total. The van der Waals surface area contributed by atoms with Crippen molar-refractivity contribution in [2.24, 2.45) is 0 Å². The predicted molar refractivity (Wildman–Crippen MR) is 277 cm³/mol. The van der Waals surface area contributed by atoms with E-state index in [4.69, 9.17) is 33.0 Å². The van der Waals surface area contributed by atoms with Crippen molar-refractivity contribution in [3.8, 4) is 51.3 Å². The highest BCUT2D eigenvalue weighted by atomic mass is 79.9. The molecule has 71 heavy (non-hydrogen) atoms. The van der Waals surface area contributed by atoms with Crippen LogP contribution in [0.15, 0.2) is 101 Å². The fourth-order valence-electron chi connectivity index (χ4n) is 7.36. The van der Waals surface area contributed by atoms with E-state index in [2.05, 4.69) is 41.5 Å². The van der Waals surface area contributed by atoms with Crippen LogP contribution in [-0.4, -0.2) is 92.1 Å². The molecule has 0 spiro atoms. The molecule has 4 aliphatic rings. The first-order valence-electron chi connectivity index (χ1n) is 22.1. The number of hydrogen-bond donors (Lipinski definition) is 3. The maximum absolute atomic E-state index is 11.6. The van der Waals surface area contributed by atoms with Gasteiger partial charge in [-0.1, -0.05) is 25.6 Å². The van der Waals surface area contributed by atoms with Gasteiger partial charge in [0.2, 0.25) is 17.3 Å². The summed E-state index contributed by atoms with van der Waals surface area (Å²) in [5.41, 5.74) is 9.14. The number of methoxy groups -OCH3 is 2. The summed E-state index contributed by atoms with van der Waals surface area (Å²) in [7, 11) is 4.51. The summed E-state index contributed by atoms with van der Waals surface area (Å²) in [5.74, 6) is 2.91. The van der Waals surface area contributed by atoms with Gasteiger partial charge >= 0.3 is 7.12 Å². The first-order valence-corrected chi connectivity index (χ1v) is 22.9. The van der Waals surface area contributed by atoms with Gasteiger partial charge in [0.1, 0.15) is 17.2 Å². The van der Waals surface area contributed by atoms with E-state index in [0.29, 0.717) is 40.4 Å². The van der Waals surface area contributed by atoms with Gasteiger partial charge in [0, 0.05) is 59.4 Å². The van der Waals surface area contributed by atoms with Crippen LogP contribution >= 0.6 is 15.9 Å². The van der Waals surface area contributed by atoms with Crippen molar-refractivity contribution in [2.75, 3.05) is 56.6 Å². The fraction of sp³-hybridized carbons (Fsp3) is 0.308. The number of amides is 3. The molecule has 0 bridgehead atoms. The van der Waals surface area contributed by atoms with Crippen LogP contribution in [0.2, 0.25) is 0 Å². The van der Waals surface area contributed by atoms with Crippen LogP contribution in [0.1, 0.15) is 51.8 Å². The van der Waals surface area contributed by atoms with Crippen molar-refractivity contribution < 1.29 is 47.4 Å². The molecule has 372 valence electrons. The van der Waals surface area contributed by atoms with Crippen LogP contribution in [0, 0.1) is 20.8 Å². The monoisotopic (exact) mass is 1030 g/mol. The number of carbonyl (C=O) groups excluding carboxylic acids is 3. The highest BCUT2D eigenvalue weighted by molar-refractivity contribution is 9.10. The largest absolute Gasteiger partial charge is 0.494 e. The average Bonchev–Trinajstić information content (AvgIpc) is 3.56. The first-order chi connectivity index (χ1) is 33.2. The van der Waals surface area contributed by atoms with E-state index in [1.165, 1.54) is 0 Å². The number of halogens is 1. The smallest absolute Gasteiger partial charge is 0.482 e. The molecule has 19 heteroatoms. The van der Waals surface area contributed by atoms with Gasteiger partial charge in [-0.05, 0) is 134 Å². The number of hydrogen-bond acceptors (Lipinski definition) is 13. The summed E-state index contributed by atoms with van der Waals surface area (Å²) in [6.45, 7) is 14.1. The van der Waals surface area contributed by atoms with Crippen LogP contribution in [0.25, 0.3) is 22.3 Å². The summed E-state index contributed by atoms with van der Waals surface area (Å²) in [5, 5.41) is 5.54. The number of rotatable bonds is 5. The van der Waals surface area contributed by atoms with Gasteiger partial charge in [-0.25, -0.2) is 9.97 Å². The molecular formula is C52H58BBrN6O11. The van der Waals surface area contributed by atoms with Crippen LogP contribution in [0.5, 0.6) is 29.0 Å². The van der Waals surface area contributed by atoms with Gasteiger partial charge < -0.3 is 53.5 Å². The van der Waals surface area contributed by atoms with Crippen LogP contribution in [0.3, 0.4) is 0 Å². The molecule has 3 aromatic carbocycles. The molecule has 0 unspecified atom stereocenters. The number of H-pyrrole nitrogens is 1. The Hall–Kier alpha value is -7.22. The minimum Gasteiger partial charge on any atom is -0.482 e. The zero-order valence-corrected chi connectivity index (χ0v) is 42.2. The molecule has 0 atom stereocenters. The van der Waals surface area contributed by atoms with Gasteiger partial charge in [0.15, 0.2) is 19.8 Å². The molecule has 0 aliphatic carbocycles. The number of anilines is 3. The third kappa shape index (κ3) is 12.4. The number of carbonyl (C=O) groups is 3. The topological polar surface area (TPSA) is 202 Å². The fourth-order valence-corrected chi connectivity index (χ4v) is 7.57. The van der Waals surface area contributed by atoms with E-state index in [9.17, 15) is 19.2 Å². The van der Waals surface area contributed by atoms with E-state index in [-0.39, 0.29) is 61.7 Å². The lowest BCUT2D eigenvalue weighted by atomic mass is 9.79. The molecule has 0 radical (unpaired) electrons. The minimum absolute atomic E-state index is 0. The standard InChI is InChI=1S/2C15H14N2O3.C14H18BNO4.C7H8BrNO.CH4/c1-9-5-15(19-2)16-7-11(9)10-3-4-12-13(6-10)20-8-14(18)17-12;1-9-5-14(18)16-7-11(9)10-3-4-12-13(6-10)20-8-15(19)17(12)2;1-13(2)14(3,4)20-15(19-13)9-5-6-10-11(7-9)18-8-12(17)16-10;1-5-3-7(10-2)9-4-6(5)8;/h3-7H,8H2,1-2H3,(H,17,18);3-7H,8H2,1-2H3,(H,16,18);5-7H,8H2,1-4H3,(H,16,17);3-4H,1-2H3;1H4. The van der Waals surface area contributed by atoms with Crippen molar-refractivity contribution >= 4 is 63.3 Å². The molecule has 1 saturated heterocycles. The number of pyridine rings is 3. The van der Waals surface area contributed by atoms with Gasteiger partial charge in [-0.15, -0.1) is 0 Å². The summed E-state index contributed by atoms with van der Waals surface area (Å²) in [6, 6.07) is 22.2. The van der Waals surface area contributed by atoms with Crippen molar-refractivity contribution in [1.29, 1.82) is 0 Å².